The van der Waals surface area contributed by atoms with Gasteiger partial charge in [-0.15, -0.1) is 0 Å². The predicted molar refractivity (Wildman–Crippen MR) is 79.3 cm³/mol. The lowest BCUT2D eigenvalue weighted by atomic mass is 10.1. The third-order valence-electron chi connectivity index (χ3n) is 3.40. The van der Waals surface area contributed by atoms with E-state index in [9.17, 15) is 9.90 Å². The summed E-state index contributed by atoms with van der Waals surface area (Å²) in [6, 6.07) is 7.26. The number of carboxylic acids is 1. The molecule has 0 amide bonds. The van der Waals surface area contributed by atoms with Crippen LogP contribution in [0.1, 0.15) is 43.1 Å². The highest BCUT2D eigenvalue weighted by molar-refractivity contribution is 6.30. The van der Waals surface area contributed by atoms with E-state index in [2.05, 4.69) is 18.9 Å². The number of hydrogen-bond donors (Lipinski definition) is 1. The summed E-state index contributed by atoms with van der Waals surface area (Å²) in [7, 11) is 0. The summed E-state index contributed by atoms with van der Waals surface area (Å²) in [6.07, 6.45) is 3.44. The number of rotatable bonds is 5. The first-order valence-electron chi connectivity index (χ1n) is 6.65. The second kappa shape index (κ2) is 6.09. The Morgan fingerprint density at radius 3 is 2.40 bits per heavy atom. The largest absolute Gasteiger partial charge is 0.478 e. The van der Waals surface area contributed by atoms with Crippen LogP contribution in [0.2, 0.25) is 5.02 Å². The third-order valence-corrected chi connectivity index (χ3v) is 3.65. The van der Waals surface area contributed by atoms with Crippen molar-refractivity contribution in [2.75, 3.05) is 0 Å². The number of aromatic carboxylic acids is 1. The molecular formula is C15H17ClN2O2. The summed E-state index contributed by atoms with van der Waals surface area (Å²) < 4.78 is 1.76. The van der Waals surface area contributed by atoms with Gasteiger partial charge in [0, 0.05) is 16.8 Å². The smallest absolute Gasteiger partial charge is 0.339 e. The Kier molecular flexibility index (Phi) is 4.45. The van der Waals surface area contributed by atoms with E-state index in [0.717, 1.165) is 18.4 Å². The highest BCUT2D eigenvalue weighted by atomic mass is 35.5. The van der Waals surface area contributed by atoms with Gasteiger partial charge in [-0.05, 0) is 25.0 Å². The summed E-state index contributed by atoms with van der Waals surface area (Å²) in [5.41, 5.74) is 1.47. The maximum atomic E-state index is 11.4. The van der Waals surface area contributed by atoms with Crippen LogP contribution in [0.3, 0.4) is 0 Å². The van der Waals surface area contributed by atoms with E-state index in [4.69, 9.17) is 11.6 Å². The zero-order chi connectivity index (χ0) is 14.7. The van der Waals surface area contributed by atoms with Crippen molar-refractivity contribution in [1.29, 1.82) is 0 Å². The van der Waals surface area contributed by atoms with Crippen LogP contribution >= 0.6 is 11.6 Å². The highest BCUT2D eigenvalue weighted by Gasteiger charge is 2.19. The lowest BCUT2D eigenvalue weighted by Crippen LogP contribution is -2.07. The molecule has 0 spiro atoms. The minimum Gasteiger partial charge on any atom is -0.478 e. The van der Waals surface area contributed by atoms with Crippen LogP contribution in [0.5, 0.6) is 0 Å². The molecule has 20 heavy (non-hydrogen) atoms. The standard InChI is InChI=1S/C15H17ClN2O2/c1-3-12(4-2)18-9-13(15(19)20)14(17-18)10-5-7-11(16)8-6-10/h5-9,12H,3-4H2,1-2H3,(H,19,20). The molecule has 2 rings (SSSR count). The van der Waals surface area contributed by atoms with Crippen LogP contribution in [-0.2, 0) is 0 Å². The molecule has 4 nitrogen and oxygen atoms in total. The fraction of sp³-hybridized carbons (Fsp3) is 0.333. The number of halogens is 1. The molecule has 1 N–H and O–H groups in total. The molecule has 0 radical (unpaired) electrons. The van der Waals surface area contributed by atoms with Crippen molar-refractivity contribution in [3.05, 3.63) is 41.0 Å². The Hall–Kier alpha value is -1.81. The van der Waals surface area contributed by atoms with E-state index >= 15 is 0 Å². The molecule has 1 heterocycles. The van der Waals surface area contributed by atoms with Crippen LogP contribution in [0.4, 0.5) is 0 Å². The van der Waals surface area contributed by atoms with Crippen molar-refractivity contribution in [1.82, 2.24) is 9.78 Å². The van der Waals surface area contributed by atoms with Crippen molar-refractivity contribution < 1.29 is 9.90 Å². The van der Waals surface area contributed by atoms with E-state index in [1.54, 1.807) is 35.1 Å². The average molecular weight is 293 g/mol. The first-order valence-corrected chi connectivity index (χ1v) is 7.03. The molecule has 0 aliphatic carbocycles. The van der Waals surface area contributed by atoms with Crippen LogP contribution in [0.25, 0.3) is 11.3 Å². The van der Waals surface area contributed by atoms with Gasteiger partial charge in [-0.2, -0.15) is 5.10 Å². The lowest BCUT2D eigenvalue weighted by Gasteiger charge is -2.12. The number of benzene rings is 1. The Balaban J connectivity index is 2.51. The van der Waals surface area contributed by atoms with Gasteiger partial charge >= 0.3 is 5.97 Å². The third kappa shape index (κ3) is 2.85. The van der Waals surface area contributed by atoms with Gasteiger partial charge in [-0.25, -0.2) is 4.79 Å². The van der Waals surface area contributed by atoms with Gasteiger partial charge in [-0.1, -0.05) is 37.6 Å². The minimum absolute atomic E-state index is 0.217. The van der Waals surface area contributed by atoms with Gasteiger partial charge in [0.25, 0.3) is 0 Å². The number of hydrogen-bond acceptors (Lipinski definition) is 2. The molecule has 1 aromatic carbocycles. The number of carbonyl (C=O) groups is 1. The molecule has 0 atom stereocenters. The molecular weight excluding hydrogens is 276 g/mol. The molecule has 5 heteroatoms. The zero-order valence-corrected chi connectivity index (χ0v) is 12.3. The predicted octanol–water partition coefficient (Wildman–Crippen LogP) is 4.26. The average Bonchev–Trinajstić information content (AvgIpc) is 2.86. The van der Waals surface area contributed by atoms with Gasteiger partial charge in [0.05, 0.1) is 6.04 Å². The highest BCUT2D eigenvalue weighted by Crippen LogP contribution is 2.26. The SMILES string of the molecule is CCC(CC)n1cc(C(=O)O)c(-c2ccc(Cl)cc2)n1. The monoisotopic (exact) mass is 292 g/mol. The number of aromatic nitrogens is 2. The van der Waals surface area contributed by atoms with Gasteiger partial charge < -0.3 is 5.11 Å². The molecule has 0 saturated carbocycles. The topological polar surface area (TPSA) is 55.1 Å². The Morgan fingerprint density at radius 2 is 1.90 bits per heavy atom. The number of carboxylic acid groups (broad SMARTS) is 1. The van der Waals surface area contributed by atoms with E-state index < -0.39 is 5.97 Å². The fourth-order valence-electron chi connectivity index (χ4n) is 2.22. The number of nitrogens with zero attached hydrogens (tertiary/aromatic N) is 2. The van der Waals surface area contributed by atoms with Gasteiger partial charge in [0.15, 0.2) is 0 Å². The first kappa shape index (κ1) is 14.6. The van der Waals surface area contributed by atoms with E-state index in [-0.39, 0.29) is 11.6 Å². The van der Waals surface area contributed by atoms with Crippen molar-refractivity contribution >= 4 is 17.6 Å². The van der Waals surface area contributed by atoms with Crippen molar-refractivity contribution in [2.45, 2.75) is 32.7 Å². The maximum Gasteiger partial charge on any atom is 0.339 e. The molecule has 1 aromatic heterocycles. The molecule has 2 aromatic rings. The first-order chi connectivity index (χ1) is 9.56. The quantitative estimate of drug-likeness (QED) is 0.895. The molecule has 0 aliphatic rings. The van der Waals surface area contributed by atoms with Crippen molar-refractivity contribution in [3.8, 4) is 11.3 Å². The minimum atomic E-state index is -0.966. The van der Waals surface area contributed by atoms with Crippen LogP contribution in [0, 0.1) is 0 Å². The van der Waals surface area contributed by atoms with E-state index in [1.165, 1.54) is 0 Å². The van der Waals surface area contributed by atoms with E-state index in [0.29, 0.717) is 10.7 Å². The Bertz CT molecular complexity index is 601. The summed E-state index contributed by atoms with van der Waals surface area (Å²) >= 11 is 5.86. The van der Waals surface area contributed by atoms with Crippen molar-refractivity contribution in [3.63, 3.8) is 0 Å². The molecule has 0 bridgehead atoms. The van der Waals surface area contributed by atoms with Gasteiger partial charge in [-0.3, -0.25) is 4.68 Å². The normalized spacial score (nSPS) is 11.0. The Labute approximate surface area is 123 Å². The molecule has 0 aliphatic heterocycles. The Morgan fingerprint density at radius 1 is 1.30 bits per heavy atom. The van der Waals surface area contributed by atoms with Crippen LogP contribution in [-0.4, -0.2) is 20.9 Å². The molecule has 0 unspecified atom stereocenters. The second-order valence-corrected chi connectivity index (χ2v) is 5.09. The van der Waals surface area contributed by atoms with Crippen LogP contribution in [0.15, 0.2) is 30.5 Å². The molecule has 0 fully saturated rings. The van der Waals surface area contributed by atoms with Gasteiger partial charge in [0.1, 0.15) is 11.3 Å². The summed E-state index contributed by atoms with van der Waals surface area (Å²) in [5.74, 6) is -0.966. The van der Waals surface area contributed by atoms with Gasteiger partial charge in [0.2, 0.25) is 0 Å². The summed E-state index contributed by atoms with van der Waals surface area (Å²) in [5, 5.41) is 14.4. The summed E-state index contributed by atoms with van der Waals surface area (Å²) in [4.78, 5) is 11.4. The molecule has 106 valence electrons. The fourth-order valence-corrected chi connectivity index (χ4v) is 2.34. The summed E-state index contributed by atoms with van der Waals surface area (Å²) in [6.45, 7) is 4.14. The van der Waals surface area contributed by atoms with E-state index in [1.807, 2.05) is 0 Å². The lowest BCUT2D eigenvalue weighted by molar-refractivity contribution is 0.0697. The van der Waals surface area contributed by atoms with Crippen molar-refractivity contribution in [2.24, 2.45) is 0 Å². The second-order valence-electron chi connectivity index (χ2n) is 4.65. The molecule has 0 saturated heterocycles. The van der Waals surface area contributed by atoms with Crippen LogP contribution < -0.4 is 0 Å². The maximum absolute atomic E-state index is 11.4. The zero-order valence-electron chi connectivity index (χ0n) is 11.5.